The third-order valence-corrected chi connectivity index (χ3v) is 1.91. The maximum Gasteiger partial charge on any atom is 0.117 e. The third-order valence-electron chi connectivity index (χ3n) is 1.91. The van der Waals surface area contributed by atoms with E-state index in [4.69, 9.17) is 16.1 Å². The maximum atomic E-state index is 8.81. The standard InChI is InChI=1S/C9H14N2O2/c1-2-4-7-5-3-6-8(9(7)10)11(12)13/h3,5-6,12-13H,2,4,10H2,1H3. The molecule has 0 unspecified atom stereocenters. The van der Waals surface area contributed by atoms with Crippen LogP contribution in [0, 0.1) is 0 Å². The predicted octanol–water partition coefficient (Wildman–Crippen LogP) is 1.81. The van der Waals surface area contributed by atoms with E-state index in [0.717, 1.165) is 18.4 Å². The van der Waals surface area contributed by atoms with Gasteiger partial charge in [-0.05, 0) is 18.1 Å². The summed E-state index contributed by atoms with van der Waals surface area (Å²) in [5, 5.41) is 17.7. The summed E-state index contributed by atoms with van der Waals surface area (Å²) in [6, 6.07) is 5.18. The molecule has 4 heteroatoms. The summed E-state index contributed by atoms with van der Waals surface area (Å²) in [4.78, 5) is 0. The lowest BCUT2D eigenvalue weighted by atomic mass is 10.1. The second kappa shape index (κ2) is 4.11. The van der Waals surface area contributed by atoms with E-state index in [1.807, 2.05) is 13.0 Å². The zero-order valence-corrected chi connectivity index (χ0v) is 7.57. The molecule has 72 valence electrons. The molecule has 1 rings (SSSR count). The van der Waals surface area contributed by atoms with E-state index in [0.29, 0.717) is 5.69 Å². The minimum absolute atomic E-state index is 0.0501. The average Bonchev–Trinajstić information content (AvgIpc) is 2.08. The van der Waals surface area contributed by atoms with Gasteiger partial charge in [0.1, 0.15) is 5.69 Å². The summed E-state index contributed by atoms with van der Waals surface area (Å²) in [6.45, 7) is 2.04. The fourth-order valence-corrected chi connectivity index (χ4v) is 1.26. The monoisotopic (exact) mass is 182 g/mol. The quantitative estimate of drug-likeness (QED) is 0.492. The van der Waals surface area contributed by atoms with Gasteiger partial charge in [0.25, 0.3) is 0 Å². The van der Waals surface area contributed by atoms with E-state index in [9.17, 15) is 0 Å². The number of aryl methyl sites for hydroxylation is 1. The molecular formula is C9H14N2O2. The van der Waals surface area contributed by atoms with E-state index in [1.165, 1.54) is 0 Å². The molecule has 0 atom stereocenters. The highest BCUT2D eigenvalue weighted by Crippen LogP contribution is 2.25. The van der Waals surface area contributed by atoms with Gasteiger partial charge >= 0.3 is 0 Å². The summed E-state index contributed by atoms with van der Waals surface area (Å²) < 4.78 is 0. The van der Waals surface area contributed by atoms with Gasteiger partial charge in [-0.15, -0.1) is 5.23 Å². The Kier molecular flexibility index (Phi) is 3.11. The molecule has 0 amide bonds. The van der Waals surface area contributed by atoms with E-state index in [1.54, 1.807) is 12.1 Å². The lowest BCUT2D eigenvalue weighted by Crippen LogP contribution is -2.14. The van der Waals surface area contributed by atoms with Crippen molar-refractivity contribution in [3.63, 3.8) is 0 Å². The molecule has 0 saturated heterocycles. The number of nitrogens with zero attached hydrogens (tertiary/aromatic N) is 1. The van der Waals surface area contributed by atoms with Crippen LogP contribution in [0.25, 0.3) is 0 Å². The van der Waals surface area contributed by atoms with Crippen LogP contribution in [0.2, 0.25) is 0 Å². The number of para-hydroxylation sites is 1. The van der Waals surface area contributed by atoms with Crippen LogP contribution in [0.1, 0.15) is 18.9 Å². The number of nitrogen functional groups attached to an aromatic ring is 1. The third kappa shape index (κ3) is 2.11. The van der Waals surface area contributed by atoms with Gasteiger partial charge in [-0.25, -0.2) is 0 Å². The molecule has 0 bridgehead atoms. The second-order valence-electron chi connectivity index (χ2n) is 2.89. The Morgan fingerprint density at radius 2 is 2.08 bits per heavy atom. The highest BCUT2D eigenvalue weighted by atomic mass is 16.8. The normalized spacial score (nSPS) is 10.1. The number of nitrogens with two attached hydrogens (primary N) is 1. The zero-order valence-electron chi connectivity index (χ0n) is 7.57. The van der Waals surface area contributed by atoms with Gasteiger partial charge in [-0.2, -0.15) is 0 Å². The first-order valence-corrected chi connectivity index (χ1v) is 4.22. The van der Waals surface area contributed by atoms with Crippen LogP contribution in [-0.4, -0.2) is 10.4 Å². The Morgan fingerprint density at radius 1 is 1.38 bits per heavy atom. The van der Waals surface area contributed by atoms with Crippen molar-refractivity contribution in [2.75, 3.05) is 11.0 Å². The van der Waals surface area contributed by atoms with Crippen LogP contribution in [-0.2, 0) is 6.42 Å². The first kappa shape index (κ1) is 9.83. The van der Waals surface area contributed by atoms with Crippen molar-refractivity contribution in [1.82, 2.24) is 0 Å². The maximum absolute atomic E-state index is 8.81. The zero-order chi connectivity index (χ0) is 9.84. The minimum Gasteiger partial charge on any atom is -0.397 e. The Morgan fingerprint density at radius 3 is 2.62 bits per heavy atom. The molecule has 13 heavy (non-hydrogen) atoms. The van der Waals surface area contributed by atoms with Gasteiger partial charge in [0.05, 0.1) is 5.69 Å². The van der Waals surface area contributed by atoms with Crippen molar-refractivity contribution in [2.24, 2.45) is 0 Å². The van der Waals surface area contributed by atoms with Crippen molar-refractivity contribution in [2.45, 2.75) is 19.8 Å². The molecule has 4 nitrogen and oxygen atoms in total. The SMILES string of the molecule is CCCc1cccc(N(O)O)c1N. The molecule has 0 saturated carbocycles. The van der Waals surface area contributed by atoms with Gasteiger partial charge in [-0.3, -0.25) is 10.4 Å². The van der Waals surface area contributed by atoms with Crippen LogP contribution in [0.15, 0.2) is 18.2 Å². The van der Waals surface area contributed by atoms with Crippen molar-refractivity contribution < 1.29 is 10.4 Å². The molecule has 0 heterocycles. The summed E-state index contributed by atoms with van der Waals surface area (Å²) in [5.41, 5.74) is 7.30. The summed E-state index contributed by atoms with van der Waals surface area (Å²) in [5.74, 6) is 0. The molecule has 0 radical (unpaired) electrons. The highest BCUT2D eigenvalue weighted by molar-refractivity contribution is 5.68. The molecule has 0 aromatic heterocycles. The summed E-state index contributed by atoms with van der Waals surface area (Å²) in [6.07, 6.45) is 1.82. The molecule has 1 aromatic carbocycles. The minimum atomic E-state index is 0.0501. The molecule has 0 fully saturated rings. The Hall–Kier alpha value is -1.26. The van der Waals surface area contributed by atoms with Gasteiger partial charge in [-0.1, -0.05) is 25.5 Å². The van der Waals surface area contributed by atoms with Crippen molar-refractivity contribution in [3.8, 4) is 0 Å². The number of hydrogen-bond acceptors (Lipinski definition) is 4. The van der Waals surface area contributed by atoms with Crippen molar-refractivity contribution >= 4 is 11.4 Å². The molecule has 0 aliphatic heterocycles. The second-order valence-corrected chi connectivity index (χ2v) is 2.89. The first-order chi connectivity index (χ1) is 6.16. The number of benzene rings is 1. The predicted molar refractivity (Wildman–Crippen MR) is 50.9 cm³/mol. The highest BCUT2D eigenvalue weighted by Gasteiger charge is 2.07. The topological polar surface area (TPSA) is 69.7 Å². The molecule has 0 aliphatic rings. The molecule has 0 aliphatic carbocycles. The van der Waals surface area contributed by atoms with E-state index in [-0.39, 0.29) is 10.9 Å². The van der Waals surface area contributed by atoms with Crippen LogP contribution in [0.5, 0.6) is 0 Å². The summed E-state index contributed by atoms with van der Waals surface area (Å²) >= 11 is 0. The van der Waals surface area contributed by atoms with Gasteiger partial charge in [0.2, 0.25) is 0 Å². The van der Waals surface area contributed by atoms with Crippen LogP contribution in [0.4, 0.5) is 11.4 Å². The number of anilines is 2. The van der Waals surface area contributed by atoms with Crippen molar-refractivity contribution in [3.05, 3.63) is 23.8 Å². The molecule has 0 spiro atoms. The van der Waals surface area contributed by atoms with Crippen LogP contribution >= 0.6 is 0 Å². The van der Waals surface area contributed by atoms with E-state index >= 15 is 0 Å². The molecule has 1 aromatic rings. The Labute approximate surface area is 77.1 Å². The van der Waals surface area contributed by atoms with Crippen molar-refractivity contribution in [1.29, 1.82) is 0 Å². The average molecular weight is 182 g/mol. The van der Waals surface area contributed by atoms with E-state index in [2.05, 4.69) is 0 Å². The molecular weight excluding hydrogens is 168 g/mol. The fourth-order valence-electron chi connectivity index (χ4n) is 1.26. The van der Waals surface area contributed by atoms with Crippen LogP contribution in [0.3, 0.4) is 0 Å². The van der Waals surface area contributed by atoms with Gasteiger partial charge in [0.15, 0.2) is 0 Å². The van der Waals surface area contributed by atoms with Gasteiger partial charge in [0, 0.05) is 0 Å². The van der Waals surface area contributed by atoms with Gasteiger partial charge < -0.3 is 5.73 Å². The summed E-state index contributed by atoms with van der Waals surface area (Å²) in [7, 11) is 0. The fraction of sp³-hybridized carbons (Fsp3) is 0.333. The number of rotatable bonds is 3. The largest absolute Gasteiger partial charge is 0.397 e. The number of hydrogen-bond donors (Lipinski definition) is 3. The lowest BCUT2D eigenvalue weighted by molar-refractivity contribution is 0.0295. The van der Waals surface area contributed by atoms with Crippen LogP contribution < -0.4 is 11.0 Å². The molecule has 4 N–H and O–H groups in total. The van der Waals surface area contributed by atoms with E-state index < -0.39 is 0 Å². The Bertz CT molecular complexity index is 287. The lowest BCUT2D eigenvalue weighted by Gasteiger charge is -2.13. The Balaban J connectivity index is 3.03. The first-order valence-electron chi connectivity index (χ1n) is 4.22. The smallest absolute Gasteiger partial charge is 0.117 e.